The number of ether oxygens (including phenoxy) is 2. The summed E-state index contributed by atoms with van der Waals surface area (Å²) in [4.78, 5) is 21.9. The predicted octanol–water partition coefficient (Wildman–Crippen LogP) is 4.35. The minimum absolute atomic E-state index is 0.238. The number of aliphatic imine (C=N–C) groups is 2. The monoisotopic (exact) mass is 652 g/mol. The Morgan fingerprint density at radius 1 is 0.646 bits per heavy atom. The third-order valence-electron chi connectivity index (χ3n) is 9.63. The third kappa shape index (κ3) is 9.55. The maximum absolute atomic E-state index is 6.43. The molecule has 3 aromatic rings. The van der Waals surface area contributed by atoms with Gasteiger partial charge in [0.15, 0.2) is 0 Å². The topological polar surface area (TPSA) is 89.9 Å². The van der Waals surface area contributed by atoms with Gasteiger partial charge >= 0.3 is 0 Å². The second kappa shape index (κ2) is 16.9. The van der Waals surface area contributed by atoms with Gasteiger partial charge in [-0.2, -0.15) is 0 Å². The summed E-state index contributed by atoms with van der Waals surface area (Å²) in [6, 6.07) is 24.0. The molecule has 0 radical (unpaired) electrons. The van der Waals surface area contributed by atoms with Crippen LogP contribution in [0.1, 0.15) is 49.2 Å². The molecule has 2 N–H and O–H groups in total. The van der Waals surface area contributed by atoms with Crippen molar-refractivity contribution in [2.24, 2.45) is 9.98 Å². The Morgan fingerprint density at radius 3 is 1.58 bits per heavy atom. The van der Waals surface area contributed by atoms with Crippen LogP contribution in [0.15, 0.2) is 76.7 Å². The number of fused-ring (bicyclic) bond motifs is 4. The highest BCUT2D eigenvalue weighted by molar-refractivity contribution is 5.58. The van der Waals surface area contributed by atoms with Gasteiger partial charge in [-0.3, -0.25) is 24.8 Å². The summed E-state index contributed by atoms with van der Waals surface area (Å²) >= 11 is 0. The number of para-hydroxylation sites is 2. The molecule has 10 heteroatoms. The molecule has 4 atom stereocenters. The van der Waals surface area contributed by atoms with E-state index >= 15 is 0 Å². The van der Waals surface area contributed by atoms with Crippen LogP contribution in [0.3, 0.4) is 0 Å². The van der Waals surface area contributed by atoms with Crippen molar-refractivity contribution in [1.82, 2.24) is 30.3 Å². The van der Waals surface area contributed by atoms with E-state index in [1.165, 1.54) is 11.1 Å². The van der Waals surface area contributed by atoms with Crippen molar-refractivity contribution < 1.29 is 9.47 Å². The molecule has 10 nitrogen and oxygen atoms in total. The molecule has 0 saturated heterocycles. The van der Waals surface area contributed by atoms with Crippen molar-refractivity contribution in [3.05, 3.63) is 89.2 Å². The van der Waals surface area contributed by atoms with E-state index in [1.807, 2.05) is 43.0 Å². The van der Waals surface area contributed by atoms with Gasteiger partial charge in [-0.05, 0) is 84.2 Å². The molecule has 4 heterocycles. The fraction of sp³-hybridized carbons (Fsp3) is 0.500. The van der Waals surface area contributed by atoms with Crippen molar-refractivity contribution in [2.75, 3.05) is 46.3 Å². The Labute approximate surface area is 286 Å². The fourth-order valence-electron chi connectivity index (χ4n) is 6.67. The second-order valence-electron chi connectivity index (χ2n) is 13.5. The molecular formula is C38H52N8O2. The molecule has 4 unspecified atom stereocenters. The van der Waals surface area contributed by atoms with Crippen molar-refractivity contribution in [1.29, 1.82) is 0 Å². The van der Waals surface area contributed by atoms with Crippen LogP contribution in [0, 0.1) is 0 Å². The molecule has 256 valence electrons. The quantitative estimate of drug-likeness (QED) is 0.431. The number of aromatic nitrogens is 1. The number of benzene rings is 2. The normalized spacial score (nSPS) is 25.0. The first-order valence-electron chi connectivity index (χ1n) is 17.5. The summed E-state index contributed by atoms with van der Waals surface area (Å²) < 4.78 is 12.9. The smallest absolute Gasteiger partial charge is 0.130 e. The first-order valence-corrected chi connectivity index (χ1v) is 17.5. The molecule has 48 heavy (non-hydrogen) atoms. The summed E-state index contributed by atoms with van der Waals surface area (Å²) in [5, 5.41) is 6.73. The lowest BCUT2D eigenvalue weighted by Gasteiger charge is -2.29. The highest BCUT2D eigenvalue weighted by Gasteiger charge is 2.25. The van der Waals surface area contributed by atoms with E-state index in [9.17, 15) is 0 Å². The van der Waals surface area contributed by atoms with Gasteiger partial charge in [0.2, 0.25) is 0 Å². The van der Waals surface area contributed by atoms with Crippen molar-refractivity contribution in [3.63, 3.8) is 0 Å². The van der Waals surface area contributed by atoms with Crippen LogP contribution in [0.25, 0.3) is 0 Å². The molecule has 0 fully saturated rings. The van der Waals surface area contributed by atoms with E-state index in [1.54, 1.807) is 0 Å². The molecular weight excluding hydrogens is 600 g/mol. The van der Waals surface area contributed by atoms with Crippen LogP contribution in [-0.2, 0) is 26.3 Å². The zero-order valence-electron chi connectivity index (χ0n) is 28.8. The van der Waals surface area contributed by atoms with Gasteiger partial charge in [-0.1, -0.05) is 42.5 Å². The van der Waals surface area contributed by atoms with Gasteiger partial charge in [0, 0.05) is 49.4 Å². The highest BCUT2D eigenvalue weighted by Crippen LogP contribution is 2.24. The average Bonchev–Trinajstić information content (AvgIpc) is 3.69. The first kappa shape index (κ1) is 33.9. The van der Waals surface area contributed by atoms with Crippen LogP contribution in [-0.4, -0.2) is 103 Å². The minimum Gasteiger partial charge on any atom is -0.487 e. The van der Waals surface area contributed by atoms with Crippen LogP contribution in [0.2, 0.25) is 0 Å². The molecule has 1 aromatic heterocycles. The minimum atomic E-state index is 0.238. The van der Waals surface area contributed by atoms with Gasteiger partial charge in [0.1, 0.15) is 24.7 Å². The van der Waals surface area contributed by atoms with E-state index in [0.717, 1.165) is 88.1 Å². The largest absolute Gasteiger partial charge is 0.487 e. The highest BCUT2D eigenvalue weighted by atomic mass is 16.5. The Kier molecular flexibility index (Phi) is 11.9. The summed E-state index contributed by atoms with van der Waals surface area (Å²) in [7, 11) is 2.25. The number of rotatable bonds is 4. The van der Waals surface area contributed by atoms with E-state index in [4.69, 9.17) is 24.4 Å². The number of nitrogens with one attached hydrogen (secondary N) is 2. The van der Waals surface area contributed by atoms with Crippen LogP contribution >= 0.6 is 0 Å². The summed E-state index contributed by atoms with van der Waals surface area (Å²) in [5.74, 6) is 1.80. The molecule has 0 spiro atoms. The Bertz CT molecular complexity index is 1410. The van der Waals surface area contributed by atoms with Crippen LogP contribution in [0.4, 0.5) is 0 Å². The molecule has 2 aromatic carbocycles. The number of hydrogen-bond acceptors (Lipinski definition) is 10. The molecule has 0 amide bonds. The maximum atomic E-state index is 6.43. The molecule has 3 aliphatic heterocycles. The zero-order chi connectivity index (χ0) is 33.1. The van der Waals surface area contributed by atoms with E-state index < -0.39 is 0 Å². The molecule has 2 bridgehead atoms. The van der Waals surface area contributed by atoms with Gasteiger partial charge < -0.3 is 25.0 Å². The third-order valence-corrected chi connectivity index (χ3v) is 9.63. The first-order chi connectivity index (χ1) is 23.5. The standard InChI is InChI=1S/C38H52N8O2/c1-29-35(41-27-39-29)23-45-19-9-17-44(3)18-10-20-46(24-36-30(2)40-28-42-36)22-32-12-5-7-16-38(32)48-26-34-14-8-13-33(43-34)25-47-37-15-6-4-11-31(37)21-45/h4-8,11-16,27-30,35-36H,9-10,17-26H2,1-3H3,(H,39,41)(H,40,42). The summed E-state index contributed by atoms with van der Waals surface area (Å²) in [6.45, 7) is 12.7. The number of pyridine rings is 1. The summed E-state index contributed by atoms with van der Waals surface area (Å²) in [6.07, 6.45) is 5.90. The predicted molar refractivity (Wildman–Crippen MR) is 193 cm³/mol. The lowest BCUT2D eigenvalue weighted by molar-refractivity contribution is 0.202. The van der Waals surface area contributed by atoms with E-state index in [-0.39, 0.29) is 12.1 Å². The maximum Gasteiger partial charge on any atom is 0.130 e. The Balaban J connectivity index is 1.21. The average molecular weight is 653 g/mol. The molecule has 6 rings (SSSR count). The van der Waals surface area contributed by atoms with Gasteiger partial charge in [-0.15, -0.1) is 0 Å². The lowest BCUT2D eigenvalue weighted by atomic mass is 10.1. The Morgan fingerprint density at radius 2 is 1.12 bits per heavy atom. The van der Waals surface area contributed by atoms with Crippen LogP contribution in [0.5, 0.6) is 11.5 Å². The summed E-state index contributed by atoms with van der Waals surface area (Å²) in [5.41, 5.74) is 4.13. The van der Waals surface area contributed by atoms with E-state index in [0.29, 0.717) is 25.3 Å². The number of nitrogens with zero attached hydrogens (tertiary/aromatic N) is 6. The van der Waals surface area contributed by atoms with Crippen molar-refractivity contribution in [2.45, 2.75) is 77.2 Å². The lowest BCUT2D eigenvalue weighted by Crippen LogP contribution is -2.40. The molecule has 3 aliphatic rings. The SMILES string of the molecule is CC1NC=NC1CN1CCCN(C)CCCN(CC2N=CNC2C)Cc2ccccc2OCc2cccc(n2)COc2ccccc2C1. The Hall–Kier alpha value is -3.99. The van der Waals surface area contributed by atoms with Crippen molar-refractivity contribution in [3.8, 4) is 11.5 Å². The van der Waals surface area contributed by atoms with E-state index in [2.05, 4.69) is 82.6 Å². The fourth-order valence-corrected chi connectivity index (χ4v) is 6.67. The van der Waals surface area contributed by atoms with Gasteiger partial charge in [0.05, 0.1) is 36.1 Å². The van der Waals surface area contributed by atoms with Gasteiger partial charge in [-0.25, -0.2) is 0 Å². The number of hydrogen-bond donors (Lipinski definition) is 2. The second-order valence-corrected chi connectivity index (χ2v) is 13.5. The van der Waals surface area contributed by atoms with Crippen LogP contribution < -0.4 is 20.1 Å². The van der Waals surface area contributed by atoms with Gasteiger partial charge in [0.25, 0.3) is 0 Å². The zero-order valence-corrected chi connectivity index (χ0v) is 28.8. The van der Waals surface area contributed by atoms with Crippen molar-refractivity contribution >= 4 is 12.7 Å². The molecule has 0 aliphatic carbocycles. The molecule has 0 saturated carbocycles.